The summed E-state index contributed by atoms with van der Waals surface area (Å²) in [5, 5.41) is 2.03. The van der Waals surface area contributed by atoms with Gasteiger partial charge >= 0.3 is 0 Å². The van der Waals surface area contributed by atoms with Crippen molar-refractivity contribution in [3.8, 4) is 0 Å². The maximum Gasteiger partial charge on any atom is 0.227 e. The third-order valence-electron chi connectivity index (χ3n) is 3.79. The summed E-state index contributed by atoms with van der Waals surface area (Å²) in [6.07, 6.45) is 1.75. The molecule has 4 heteroatoms. The van der Waals surface area contributed by atoms with Gasteiger partial charge in [0.25, 0.3) is 0 Å². The molecule has 3 nitrogen and oxygen atoms in total. The zero-order chi connectivity index (χ0) is 13.0. The summed E-state index contributed by atoms with van der Waals surface area (Å²) < 4.78 is 0. The quantitative estimate of drug-likeness (QED) is 0.834. The Morgan fingerprint density at radius 2 is 2.11 bits per heavy atom. The Bertz CT molecular complexity index is 369. The SMILES string of the molecule is CCC(C)N1CCN(C(=O)Cc2cccs2)CC1. The first-order valence-electron chi connectivity index (χ1n) is 6.75. The summed E-state index contributed by atoms with van der Waals surface area (Å²) in [6.45, 7) is 8.29. The van der Waals surface area contributed by atoms with Crippen LogP contribution in [0.2, 0.25) is 0 Å². The highest BCUT2D eigenvalue weighted by atomic mass is 32.1. The first-order valence-corrected chi connectivity index (χ1v) is 7.63. The monoisotopic (exact) mass is 266 g/mol. The van der Waals surface area contributed by atoms with Crippen LogP contribution in [0.5, 0.6) is 0 Å². The van der Waals surface area contributed by atoms with Crippen molar-refractivity contribution < 1.29 is 4.79 Å². The molecule has 1 aromatic rings. The summed E-state index contributed by atoms with van der Waals surface area (Å²) in [7, 11) is 0. The van der Waals surface area contributed by atoms with E-state index in [0.29, 0.717) is 12.5 Å². The third-order valence-corrected chi connectivity index (χ3v) is 4.66. The average Bonchev–Trinajstić information content (AvgIpc) is 2.91. The highest BCUT2D eigenvalue weighted by molar-refractivity contribution is 7.10. The molecule has 2 heterocycles. The molecule has 2 rings (SSSR count). The lowest BCUT2D eigenvalue weighted by Crippen LogP contribution is -2.51. The van der Waals surface area contributed by atoms with Crippen molar-refractivity contribution in [1.82, 2.24) is 9.80 Å². The molecule has 18 heavy (non-hydrogen) atoms. The van der Waals surface area contributed by atoms with Crippen LogP contribution in [0.3, 0.4) is 0 Å². The first-order chi connectivity index (χ1) is 8.70. The van der Waals surface area contributed by atoms with Crippen LogP contribution in [0, 0.1) is 0 Å². The fourth-order valence-corrected chi connectivity index (χ4v) is 3.04. The van der Waals surface area contributed by atoms with Crippen molar-refractivity contribution in [2.45, 2.75) is 32.7 Å². The molecule has 1 aromatic heterocycles. The maximum atomic E-state index is 12.1. The van der Waals surface area contributed by atoms with Gasteiger partial charge in [-0.05, 0) is 24.8 Å². The molecule has 0 aliphatic carbocycles. The number of rotatable bonds is 4. The van der Waals surface area contributed by atoms with E-state index in [9.17, 15) is 4.79 Å². The lowest BCUT2D eigenvalue weighted by Gasteiger charge is -2.37. The predicted molar refractivity (Wildman–Crippen MR) is 75.9 cm³/mol. The highest BCUT2D eigenvalue weighted by Gasteiger charge is 2.23. The highest BCUT2D eigenvalue weighted by Crippen LogP contribution is 2.13. The molecule has 1 aliphatic rings. The van der Waals surface area contributed by atoms with Crippen LogP contribution in [0.25, 0.3) is 0 Å². The van der Waals surface area contributed by atoms with Crippen LogP contribution in [-0.4, -0.2) is 47.9 Å². The Hall–Kier alpha value is -0.870. The van der Waals surface area contributed by atoms with Crippen molar-refractivity contribution in [3.05, 3.63) is 22.4 Å². The molecule has 0 radical (unpaired) electrons. The summed E-state index contributed by atoms with van der Waals surface area (Å²) >= 11 is 1.67. The number of carbonyl (C=O) groups is 1. The second-order valence-corrected chi connectivity index (χ2v) is 5.96. The van der Waals surface area contributed by atoms with E-state index in [1.165, 1.54) is 11.3 Å². The lowest BCUT2D eigenvalue weighted by atomic mass is 10.2. The van der Waals surface area contributed by atoms with Crippen molar-refractivity contribution >= 4 is 17.2 Å². The van der Waals surface area contributed by atoms with Gasteiger partial charge in [0.2, 0.25) is 5.91 Å². The summed E-state index contributed by atoms with van der Waals surface area (Å²) in [6, 6.07) is 4.69. The van der Waals surface area contributed by atoms with E-state index in [1.54, 1.807) is 11.3 Å². The van der Waals surface area contributed by atoms with Crippen molar-refractivity contribution in [1.29, 1.82) is 0 Å². The number of hydrogen-bond donors (Lipinski definition) is 0. The van der Waals surface area contributed by atoms with E-state index in [2.05, 4.69) is 18.7 Å². The van der Waals surface area contributed by atoms with Crippen LogP contribution in [0.4, 0.5) is 0 Å². The number of thiophene rings is 1. The Balaban J connectivity index is 1.80. The molecular formula is C14H22N2OS. The Kier molecular flexibility index (Phi) is 4.78. The minimum Gasteiger partial charge on any atom is -0.340 e. The molecule has 1 saturated heterocycles. The van der Waals surface area contributed by atoms with Gasteiger partial charge in [0.15, 0.2) is 0 Å². The van der Waals surface area contributed by atoms with Crippen LogP contribution >= 0.6 is 11.3 Å². The topological polar surface area (TPSA) is 23.6 Å². The van der Waals surface area contributed by atoms with E-state index in [0.717, 1.165) is 26.2 Å². The Labute approximate surface area is 113 Å². The number of carbonyl (C=O) groups excluding carboxylic acids is 1. The number of nitrogens with zero attached hydrogens (tertiary/aromatic N) is 2. The van der Waals surface area contributed by atoms with Gasteiger partial charge in [0.05, 0.1) is 6.42 Å². The number of amides is 1. The lowest BCUT2D eigenvalue weighted by molar-refractivity contribution is -0.132. The molecule has 1 atom stereocenters. The summed E-state index contributed by atoms with van der Waals surface area (Å²) in [4.78, 5) is 17.8. The van der Waals surface area contributed by atoms with Gasteiger partial charge in [0, 0.05) is 37.1 Å². The molecule has 1 unspecified atom stereocenters. The van der Waals surface area contributed by atoms with Gasteiger partial charge in [-0.2, -0.15) is 0 Å². The van der Waals surface area contributed by atoms with Gasteiger partial charge in [-0.25, -0.2) is 0 Å². The second-order valence-electron chi connectivity index (χ2n) is 4.93. The maximum absolute atomic E-state index is 12.1. The first kappa shape index (κ1) is 13.6. The molecule has 0 aromatic carbocycles. The molecular weight excluding hydrogens is 244 g/mol. The third kappa shape index (κ3) is 3.33. The fourth-order valence-electron chi connectivity index (χ4n) is 2.34. The number of piperazine rings is 1. The van der Waals surface area contributed by atoms with Crippen molar-refractivity contribution in [2.24, 2.45) is 0 Å². The van der Waals surface area contributed by atoms with Crippen LogP contribution in [-0.2, 0) is 11.2 Å². The molecule has 0 spiro atoms. The molecule has 1 amide bonds. The smallest absolute Gasteiger partial charge is 0.227 e. The van der Waals surface area contributed by atoms with E-state index < -0.39 is 0 Å². The fraction of sp³-hybridized carbons (Fsp3) is 0.643. The van der Waals surface area contributed by atoms with Crippen molar-refractivity contribution in [3.63, 3.8) is 0 Å². The largest absolute Gasteiger partial charge is 0.340 e. The van der Waals surface area contributed by atoms with Crippen LogP contribution in [0.1, 0.15) is 25.1 Å². The second kappa shape index (κ2) is 6.34. The van der Waals surface area contributed by atoms with E-state index in [-0.39, 0.29) is 5.91 Å². The molecule has 0 bridgehead atoms. The predicted octanol–water partition coefficient (Wildman–Crippen LogP) is 2.23. The zero-order valence-corrected chi connectivity index (χ0v) is 12.1. The Morgan fingerprint density at radius 3 is 2.67 bits per heavy atom. The van der Waals surface area contributed by atoms with E-state index >= 15 is 0 Å². The van der Waals surface area contributed by atoms with Crippen molar-refractivity contribution in [2.75, 3.05) is 26.2 Å². The molecule has 1 fully saturated rings. The zero-order valence-electron chi connectivity index (χ0n) is 11.3. The summed E-state index contributed by atoms with van der Waals surface area (Å²) in [5.41, 5.74) is 0. The summed E-state index contributed by atoms with van der Waals surface area (Å²) in [5.74, 6) is 0.279. The molecule has 100 valence electrons. The standard InChI is InChI=1S/C14H22N2OS/c1-3-12(2)15-6-8-16(9-7-15)14(17)11-13-5-4-10-18-13/h4-5,10,12H,3,6-9,11H2,1-2H3. The minimum absolute atomic E-state index is 0.279. The Morgan fingerprint density at radius 1 is 1.39 bits per heavy atom. The number of hydrogen-bond acceptors (Lipinski definition) is 3. The van der Waals surface area contributed by atoms with Crippen LogP contribution < -0.4 is 0 Å². The average molecular weight is 266 g/mol. The molecule has 0 N–H and O–H groups in total. The van der Waals surface area contributed by atoms with Crippen LogP contribution in [0.15, 0.2) is 17.5 Å². The van der Waals surface area contributed by atoms with Gasteiger partial charge in [-0.3, -0.25) is 9.69 Å². The minimum atomic E-state index is 0.279. The molecule has 0 saturated carbocycles. The van der Waals surface area contributed by atoms with E-state index in [4.69, 9.17) is 0 Å². The normalized spacial score (nSPS) is 18.9. The van der Waals surface area contributed by atoms with Gasteiger partial charge in [0.1, 0.15) is 0 Å². The van der Waals surface area contributed by atoms with Gasteiger partial charge in [-0.1, -0.05) is 13.0 Å². The van der Waals surface area contributed by atoms with E-state index in [1.807, 2.05) is 22.4 Å². The van der Waals surface area contributed by atoms with Gasteiger partial charge in [-0.15, -0.1) is 11.3 Å². The molecule has 1 aliphatic heterocycles. The van der Waals surface area contributed by atoms with Gasteiger partial charge < -0.3 is 4.90 Å².